The van der Waals surface area contributed by atoms with Crippen molar-refractivity contribution in [2.24, 2.45) is 0 Å². The number of hydrogen-bond donors (Lipinski definition) is 3. The molecular formula is C14H24N2O5. The number of hydrogen-bond acceptors (Lipinski definition) is 6. The highest BCUT2D eigenvalue weighted by Gasteiger charge is 2.06. The highest BCUT2D eigenvalue weighted by atomic mass is 16.6. The van der Waals surface area contributed by atoms with Crippen molar-refractivity contribution in [3.05, 3.63) is 36.4 Å². The summed E-state index contributed by atoms with van der Waals surface area (Å²) in [5.74, 6) is -0.560. The molecule has 7 nitrogen and oxygen atoms in total. The Bertz CT molecular complexity index is 498. The lowest BCUT2D eigenvalue weighted by atomic mass is 10.2. The fourth-order valence-corrected chi connectivity index (χ4v) is 1.26. The Morgan fingerprint density at radius 3 is 2.62 bits per heavy atom. The normalized spacial score (nSPS) is 8.90. The third-order valence-corrected chi connectivity index (χ3v) is 2.23. The molecule has 0 aliphatic carbocycles. The van der Waals surface area contributed by atoms with Crippen molar-refractivity contribution in [2.75, 3.05) is 31.4 Å². The molecule has 1 aromatic carbocycles. The highest BCUT2D eigenvalue weighted by Crippen LogP contribution is 2.18. The maximum Gasteiger partial charge on any atom is 0.411 e. The smallest absolute Gasteiger partial charge is 0.411 e. The lowest BCUT2D eigenvalue weighted by Gasteiger charge is -2.09. The molecular weight excluding hydrogens is 276 g/mol. The second-order valence-electron chi connectivity index (χ2n) is 3.71. The number of carbonyl (C=O) groups is 2. The summed E-state index contributed by atoms with van der Waals surface area (Å²) in [6.45, 7) is 5.02. The second-order valence-corrected chi connectivity index (χ2v) is 3.71. The van der Waals surface area contributed by atoms with Gasteiger partial charge in [-0.05, 0) is 24.6 Å². The summed E-state index contributed by atoms with van der Waals surface area (Å²) in [6, 6.07) is 5.16. The number of amides is 1. The second kappa shape index (κ2) is 10.3. The molecule has 0 spiro atoms. The minimum Gasteiger partial charge on any atom is -0.459 e. The molecule has 0 aliphatic heterocycles. The highest BCUT2D eigenvalue weighted by molar-refractivity contribution is 5.86. The van der Waals surface area contributed by atoms with Crippen LogP contribution in [0.1, 0.15) is 8.42 Å². The molecule has 120 valence electrons. The fourth-order valence-electron chi connectivity index (χ4n) is 1.26. The van der Waals surface area contributed by atoms with Crippen molar-refractivity contribution in [2.45, 2.75) is 6.92 Å². The van der Waals surface area contributed by atoms with E-state index >= 15 is 0 Å². The molecule has 0 bridgehead atoms. The summed E-state index contributed by atoms with van der Waals surface area (Å²) >= 11 is 0. The number of rotatable bonds is 5. The molecule has 1 rings (SSSR count). The maximum absolute atomic E-state index is 11.5. The first kappa shape index (κ1) is 18.5. The summed E-state index contributed by atoms with van der Waals surface area (Å²) in [5, 5.41) is 9.55. The van der Waals surface area contributed by atoms with Gasteiger partial charge < -0.3 is 20.3 Å². The maximum atomic E-state index is 11.5. The van der Waals surface area contributed by atoms with Crippen LogP contribution < -0.4 is 11.1 Å². The van der Waals surface area contributed by atoms with E-state index in [-0.39, 0.29) is 16.1 Å². The quantitative estimate of drug-likeness (QED) is 0.332. The molecule has 0 heterocycles. The number of aliphatic hydroxyl groups is 1. The van der Waals surface area contributed by atoms with Crippen LogP contribution in [0.25, 0.3) is 0 Å². The predicted octanol–water partition coefficient (Wildman–Crippen LogP) is 1.96. The number of aliphatic hydroxyl groups excluding tert-OH is 1. The summed E-state index contributed by atoms with van der Waals surface area (Å²) < 4.78 is 9.49. The zero-order chi connectivity index (χ0) is 16.3. The van der Waals surface area contributed by atoms with E-state index in [4.69, 9.17) is 15.6 Å². The van der Waals surface area contributed by atoms with E-state index in [2.05, 4.69) is 16.6 Å². The van der Waals surface area contributed by atoms with Crippen LogP contribution in [0.2, 0.25) is 0 Å². The lowest BCUT2D eigenvalue weighted by molar-refractivity contribution is -0.138. The lowest BCUT2D eigenvalue weighted by Crippen LogP contribution is -2.18. The summed E-state index contributed by atoms with van der Waals surface area (Å²) in [5.41, 5.74) is 7.60. The van der Waals surface area contributed by atoms with Crippen LogP contribution in [-0.2, 0) is 14.3 Å². The van der Waals surface area contributed by atoms with Crippen molar-refractivity contribution in [1.29, 1.82) is 0 Å². The first-order valence-electron chi connectivity index (χ1n) is 6.06. The van der Waals surface area contributed by atoms with Gasteiger partial charge >= 0.3 is 12.1 Å². The van der Waals surface area contributed by atoms with Gasteiger partial charge in [-0.3, -0.25) is 5.32 Å². The number of carbonyl (C=O) groups excluding carboxylic acids is 2. The monoisotopic (exact) mass is 300 g/mol. The number of aryl methyl sites for hydroxylation is 1. The van der Waals surface area contributed by atoms with E-state index in [0.29, 0.717) is 11.4 Å². The van der Waals surface area contributed by atoms with Gasteiger partial charge in [0.05, 0.1) is 0 Å². The number of ether oxygens (including phenoxy) is 2. The number of esters is 1. The van der Waals surface area contributed by atoms with E-state index < -0.39 is 12.1 Å². The summed E-state index contributed by atoms with van der Waals surface area (Å²) in [7, 11) is 1.00. The molecule has 1 aromatic rings. The van der Waals surface area contributed by atoms with E-state index in [1.807, 2.05) is 6.92 Å². The topological polar surface area (TPSA) is 111 Å². The van der Waals surface area contributed by atoms with Crippen LogP contribution in [0, 0.1) is 6.92 Å². The third kappa shape index (κ3) is 7.58. The van der Waals surface area contributed by atoms with E-state index in [9.17, 15) is 9.59 Å². The number of anilines is 2. The molecule has 0 saturated heterocycles. The minimum atomic E-state index is -0.636. The Hall–Kier alpha value is -2.54. The van der Waals surface area contributed by atoms with Gasteiger partial charge in [-0.2, -0.15) is 0 Å². The van der Waals surface area contributed by atoms with Crippen LogP contribution >= 0.6 is 0 Å². The average Bonchev–Trinajstić information content (AvgIpc) is 2.49. The van der Waals surface area contributed by atoms with E-state index in [0.717, 1.165) is 18.7 Å². The molecule has 0 aromatic heterocycles. The third-order valence-electron chi connectivity index (χ3n) is 2.23. The number of nitrogens with one attached hydrogen (secondary N) is 1. The summed E-state index contributed by atoms with van der Waals surface area (Å²) in [4.78, 5) is 22.2. The van der Waals surface area contributed by atoms with Gasteiger partial charge in [0.25, 0.3) is 0 Å². The molecule has 0 saturated carbocycles. The molecule has 1 amide bonds. The van der Waals surface area contributed by atoms with Gasteiger partial charge in [0.2, 0.25) is 0 Å². The predicted molar refractivity (Wildman–Crippen MR) is 84.1 cm³/mol. The fraction of sp³-hybridized carbons (Fsp3) is 0.286. The van der Waals surface area contributed by atoms with Crippen LogP contribution in [0.3, 0.4) is 0 Å². The van der Waals surface area contributed by atoms with Gasteiger partial charge in [-0.25, -0.2) is 9.59 Å². The van der Waals surface area contributed by atoms with Crippen molar-refractivity contribution in [3.8, 4) is 0 Å². The average molecular weight is 300 g/mol. The molecule has 0 unspecified atom stereocenters. The number of benzene rings is 1. The van der Waals surface area contributed by atoms with E-state index in [1.165, 1.54) is 0 Å². The first-order valence-corrected chi connectivity index (χ1v) is 6.06. The van der Waals surface area contributed by atoms with Crippen molar-refractivity contribution < 1.29 is 27.0 Å². The zero-order valence-electron chi connectivity index (χ0n) is 12.1. The van der Waals surface area contributed by atoms with Crippen molar-refractivity contribution in [3.63, 3.8) is 0 Å². The van der Waals surface area contributed by atoms with Crippen LogP contribution in [0.5, 0.6) is 0 Å². The Kier molecular flexibility index (Phi) is 9.03. The van der Waals surface area contributed by atoms with Gasteiger partial charge in [0, 0.05) is 27.4 Å². The largest absolute Gasteiger partial charge is 0.459 e. The van der Waals surface area contributed by atoms with Gasteiger partial charge in [0.15, 0.2) is 0 Å². The Morgan fingerprint density at radius 1 is 1.38 bits per heavy atom. The zero-order valence-corrected chi connectivity index (χ0v) is 12.1. The molecule has 0 radical (unpaired) electrons. The first-order chi connectivity index (χ1) is 10.0. The molecule has 0 fully saturated rings. The van der Waals surface area contributed by atoms with Gasteiger partial charge in [-0.15, -0.1) is 0 Å². The van der Waals surface area contributed by atoms with E-state index in [1.54, 1.807) is 18.2 Å². The minimum absolute atomic E-state index is 0. The molecule has 21 heavy (non-hydrogen) atoms. The van der Waals surface area contributed by atoms with Gasteiger partial charge in [-0.1, -0.05) is 12.6 Å². The number of nitrogen functional groups attached to an aromatic ring is 1. The standard InChI is InChI=1S/C13H16N2O4.CH4O.2H2/c1-3-12(16)18-6-7-19-13(17)15-11-8-10(14)5-4-9(11)2;1-2;;/h3-5,8H,1,6-7,14H2,2H3,(H,15,17);2H,1H3;2*1H. The molecule has 0 aliphatic rings. The van der Waals surface area contributed by atoms with Crippen molar-refractivity contribution >= 4 is 23.4 Å². The molecule has 0 atom stereocenters. The van der Waals surface area contributed by atoms with Crippen LogP contribution in [-0.4, -0.2) is 37.5 Å². The Labute approximate surface area is 126 Å². The Balaban J connectivity index is -0.000000960. The Morgan fingerprint density at radius 2 is 2.00 bits per heavy atom. The number of nitrogens with two attached hydrogens (primary N) is 1. The SMILES string of the molecule is C=CC(=O)OCCOC(=O)Nc1cc(N)ccc1C.CO.[HH].[HH]. The van der Waals surface area contributed by atoms with Crippen LogP contribution in [0.4, 0.5) is 16.2 Å². The molecule has 4 N–H and O–H groups in total. The summed E-state index contributed by atoms with van der Waals surface area (Å²) in [6.07, 6.45) is 0.402. The van der Waals surface area contributed by atoms with Crippen molar-refractivity contribution in [1.82, 2.24) is 0 Å². The van der Waals surface area contributed by atoms with Crippen LogP contribution in [0.15, 0.2) is 30.9 Å². The van der Waals surface area contributed by atoms with Gasteiger partial charge in [0.1, 0.15) is 13.2 Å². The molecule has 7 heteroatoms.